The molecule has 1 aromatic heterocycles. The number of alkyl halides is 3. The number of nitrogens with zero attached hydrogens (tertiary/aromatic N) is 3. The average molecular weight is 392 g/mol. The molecule has 3 heterocycles. The van der Waals surface area contributed by atoms with E-state index in [4.69, 9.17) is 4.11 Å². The number of phenolic OH excluding ortho intramolecular Hbond substituents is 1. The molecule has 28 heavy (non-hydrogen) atoms. The Kier molecular flexibility index (Phi) is 2.67. The molecule has 0 radical (unpaired) electrons. The number of carbonyl (C=O) groups is 1. The first-order valence-electron chi connectivity index (χ1n) is 9.89. The smallest absolute Gasteiger partial charge is 0.508 e. The van der Waals surface area contributed by atoms with E-state index in [1.54, 1.807) is 4.57 Å². The van der Waals surface area contributed by atoms with Crippen molar-refractivity contribution in [1.82, 2.24) is 14.5 Å². The summed E-state index contributed by atoms with van der Waals surface area (Å²) in [6, 6.07) is 6.20. The van der Waals surface area contributed by atoms with E-state index in [1.165, 1.54) is 24.3 Å². The number of hydrogen-bond acceptors (Lipinski definition) is 4. The molecule has 1 N–H and O–H groups in total. The Bertz CT molecular complexity index is 1240. The minimum atomic E-state index is -4.88. The van der Waals surface area contributed by atoms with Crippen LogP contribution in [0.15, 0.2) is 36.4 Å². The van der Waals surface area contributed by atoms with Crippen LogP contribution in [0.5, 0.6) is 11.5 Å². The highest BCUT2D eigenvalue weighted by Gasteiger charge is 2.44. The quantitative estimate of drug-likeness (QED) is 0.685. The summed E-state index contributed by atoms with van der Waals surface area (Å²) in [5, 5.41) is 10.5. The lowest BCUT2D eigenvalue weighted by molar-refractivity contribution is -0.274. The summed E-state index contributed by atoms with van der Waals surface area (Å²) in [4.78, 5) is 18.3. The van der Waals surface area contributed by atoms with Crippen molar-refractivity contribution in [3.63, 3.8) is 0 Å². The number of hydrogen-bond donors (Lipinski definition) is 1. The highest BCUT2D eigenvalue weighted by molar-refractivity contribution is 5.97. The predicted octanol–water partition coefficient (Wildman–Crippen LogP) is 3.76. The Morgan fingerprint density at radius 3 is 2.86 bits per heavy atom. The van der Waals surface area contributed by atoms with Gasteiger partial charge in [0.15, 0.2) is 0 Å². The van der Waals surface area contributed by atoms with Crippen LogP contribution in [0.3, 0.4) is 0 Å². The normalized spacial score (nSPS) is 22.9. The number of aromatic hydroxyl groups is 1. The average Bonchev–Trinajstić information content (AvgIpc) is 3.12. The number of aromatic nitrogens is 2. The van der Waals surface area contributed by atoms with Crippen LogP contribution >= 0.6 is 0 Å². The molecular weight excluding hydrogens is 375 g/mol. The van der Waals surface area contributed by atoms with E-state index in [2.05, 4.69) is 9.72 Å². The lowest BCUT2D eigenvalue weighted by atomic mass is 9.98. The van der Waals surface area contributed by atoms with Gasteiger partial charge in [-0.3, -0.25) is 4.79 Å². The lowest BCUT2D eigenvalue weighted by Gasteiger charge is -2.24. The third-order valence-corrected chi connectivity index (χ3v) is 5.16. The number of phenols is 1. The predicted molar refractivity (Wildman–Crippen MR) is 92.1 cm³/mol. The van der Waals surface area contributed by atoms with Crippen molar-refractivity contribution < 1.29 is 31.9 Å². The van der Waals surface area contributed by atoms with Gasteiger partial charge in [-0.05, 0) is 24.3 Å². The fourth-order valence-electron chi connectivity index (χ4n) is 4.10. The first-order chi connectivity index (χ1) is 14.5. The molecule has 0 saturated heterocycles. The van der Waals surface area contributed by atoms with Gasteiger partial charge in [0, 0.05) is 34.7 Å². The second kappa shape index (κ2) is 5.40. The molecule has 0 spiro atoms. The molecule has 2 bridgehead atoms. The SMILES string of the molecule is [2H]C([2H])([2H])N1C(=O)c2cccc(O)c2[C@H]2C[C@@H]1c1nc3ccc(OC(F)(F)F)cc3n12. The first-order valence-corrected chi connectivity index (χ1v) is 8.39. The third kappa shape index (κ3) is 2.28. The van der Waals surface area contributed by atoms with Crippen LogP contribution in [0, 0.1) is 0 Å². The summed E-state index contributed by atoms with van der Waals surface area (Å²) in [6.07, 6.45) is -4.78. The Morgan fingerprint density at radius 1 is 1.29 bits per heavy atom. The van der Waals surface area contributed by atoms with E-state index in [-0.39, 0.29) is 34.6 Å². The highest BCUT2D eigenvalue weighted by Crippen LogP contribution is 2.49. The van der Waals surface area contributed by atoms with Crippen LogP contribution in [-0.2, 0) is 0 Å². The number of ether oxygens (including phenoxy) is 1. The van der Waals surface area contributed by atoms with Gasteiger partial charge in [-0.1, -0.05) is 6.07 Å². The van der Waals surface area contributed by atoms with E-state index >= 15 is 0 Å². The van der Waals surface area contributed by atoms with E-state index < -0.39 is 37.1 Å². The van der Waals surface area contributed by atoms with Gasteiger partial charge in [-0.15, -0.1) is 13.2 Å². The van der Waals surface area contributed by atoms with Gasteiger partial charge < -0.3 is 19.3 Å². The summed E-state index contributed by atoms with van der Waals surface area (Å²) in [6.45, 7) is -2.79. The molecule has 2 atom stereocenters. The van der Waals surface area contributed by atoms with Crippen LogP contribution in [0.25, 0.3) is 11.0 Å². The van der Waals surface area contributed by atoms with Crippen LogP contribution in [-0.4, -0.2) is 38.8 Å². The zero-order valence-electron chi connectivity index (χ0n) is 17.1. The second-order valence-corrected chi connectivity index (χ2v) is 6.72. The summed E-state index contributed by atoms with van der Waals surface area (Å²) in [7, 11) is 0. The summed E-state index contributed by atoms with van der Waals surface area (Å²) < 4.78 is 67.4. The second-order valence-electron chi connectivity index (χ2n) is 6.72. The van der Waals surface area contributed by atoms with Crippen LogP contribution in [0.1, 0.15) is 44.4 Å². The van der Waals surface area contributed by atoms with Gasteiger partial charge in [0.1, 0.15) is 17.3 Å². The fraction of sp³-hybridized carbons (Fsp3) is 0.263. The van der Waals surface area contributed by atoms with Crippen LogP contribution < -0.4 is 4.74 Å². The number of carbonyl (C=O) groups excluding carboxylic acids is 1. The monoisotopic (exact) mass is 392 g/mol. The Labute approximate surface area is 161 Å². The molecule has 2 aliphatic rings. The first kappa shape index (κ1) is 13.9. The van der Waals surface area contributed by atoms with Crippen molar-refractivity contribution >= 4 is 16.9 Å². The molecule has 9 heteroatoms. The number of halogens is 3. The standard InChI is InChI=1S/C19H14F3N3O3/c1-24-14-8-13(16-10(18(24)27)3-2-4-15(16)26)25-12-7-9(28-19(20,21)22)5-6-11(12)23-17(14)25/h2-7,13-14,26H,8H2,1H3/t13-,14-/m1/s1/i1D3. The zero-order chi connectivity index (χ0) is 22.3. The number of amides is 1. The number of fused-ring (bicyclic) bond motifs is 9. The van der Waals surface area contributed by atoms with Gasteiger partial charge in [-0.25, -0.2) is 4.98 Å². The molecular formula is C19H14F3N3O3. The third-order valence-electron chi connectivity index (χ3n) is 5.16. The molecule has 0 unspecified atom stereocenters. The summed E-state index contributed by atoms with van der Waals surface area (Å²) >= 11 is 0. The van der Waals surface area contributed by atoms with Crippen molar-refractivity contribution in [1.29, 1.82) is 0 Å². The Hall–Kier alpha value is -3.23. The Balaban J connectivity index is 1.78. The molecule has 1 amide bonds. The van der Waals surface area contributed by atoms with Crippen molar-refractivity contribution in [2.24, 2.45) is 0 Å². The maximum atomic E-state index is 13.1. The number of benzene rings is 2. The van der Waals surface area contributed by atoms with E-state index in [9.17, 15) is 23.1 Å². The molecule has 3 aromatic rings. The zero-order valence-corrected chi connectivity index (χ0v) is 14.1. The van der Waals surface area contributed by atoms with Gasteiger partial charge in [0.25, 0.3) is 5.91 Å². The molecule has 0 saturated carbocycles. The minimum absolute atomic E-state index is 0.0267. The molecule has 2 aliphatic heterocycles. The van der Waals surface area contributed by atoms with Gasteiger partial charge in [0.2, 0.25) is 0 Å². The number of imidazole rings is 1. The van der Waals surface area contributed by atoms with Crippen molar-refractivity contribution in [3.05, 3.63) is 53.3 Å². The molecule has 6 nitrogen and oxygen atoms in total. The highest BCUT2D eigenvalue weighted by atomic mass is 19.4. The van der Waals surface area contributed by atoms with Gasteiger partial charge in [-0.2, -0.15) is 0 Å². The van der Waals surface area contributed by atoms with Crippen molar-refractivity contribution in [2.45, 2.75) is 24.9 Å². The Morgan fingerprint density at radius 2 is 2.11 bits per heavy atom. The fourth-order valence-corrected chi connectivity index (χ4v) is 4.10. The van der Waals surface area contributed by atoms with E-state index in [0.29, 0.717) is 5.52 Å². The van der Waals surface area contributed by atoms with Crippen molar-refractivity contribution in [3.8, 4) is 11.5 Å². The van der Waals surface area contributed by atoms with E-state index in [0.717, 1.165) is 17.0 Å². The topological polar surface area (TPSA) is 67.6 Å². The van der Waals surface area contributed by atoms with Gasteiger partial charge >= 0.3 is 6.36 Å². The molecule has 144 valence electrons. The molecule has 0 fully saturated rings. The van der Waals surface area contributed by atoms with Crippen molar-refractivity contribution in [2.75, 3.05) is 6.98 Å². The maximum Gasteiger partial charge on any atom is 0.573 e. The van der Waals surface area contributed by atoms with Crippen LogP contribution in [0.4, 0.5) is 13.2 Å². The van der Waals surface area contributed by atoms with E-state index in [1.807, 2.05) is 0 Å². The van der Waals surface area contributed by atoms with Gasteiger partial charge in [0.05, 0.1) is 23.1 Å². The maximum absolute atomic E-state index is 13.1. The lowest BCUT2D eigenvalue weighted by Crippen LogP contribution is -2.30. The summed E-state index contributed by atoms with van der Waals surface area (Å²) in [5.74, 6) is -1.21. The van der Waals surface area contributed by atoms with Crippen LogP contribution in [0.2, 0.25) is 0 Å². The molecule has 5 rings (SSSR count). The largest absolute Gasteiger partial charge is 0.573 e. The minimum Gasteiger partial charge on any atom is -0.508 e. The molecule has 0 aliphatic carbocycles. The summed E-state index contributed by atoms with van der Waals surface area (Å²) in [5.41, 5.74) is 0.831. The molecule has 2 aromatic carbocycles. The number of rotatable bonds is 1.